The molecule has 3 aromatic rings. The van der Waals surface area contributed by atoms with E-state index < -0.39 is 11.8 Å². The van der Waals surface area contributed by atoms with Gasteiger partial charge in [0, 0.05) is 33.7 Å². The van der Waals surface area contributed by atoms with Crippen molar-refractivity contribution in [1.82, 2.24) is 16.3 Å². The van der Waals surface area contributed by atoms with Crippen molar-refractivity contribution < 1.29 is 18.8 Å². The summed E-state index contributed by atoms with van der Waals surface area (Å²) in [6.07, 6.45) is 2.03. The van der Waals surface area contributed by atoms with E-state index >= 15 is 0 Å². The van der Waals surface area contributed by atoms with Crippen LogP contribution < -0.4 is 16.3 Å². The molecule has 9 heteroatoms. The standard InChI is InChI=1S/C24H21ClN4O4/c1-14-20-18(26-27-23(31)16-10-12-17(25)13-11-16)8-5-9-19(20)33-21(14)24(32)29-28-22(30)15-6-3-2-4-7-15/h2-4,6-7,10-13H,5,8-9H2,1H3,(H,27,31)(H,28,30)(H,29,32)/b26-18+. The number of hydrazone groups is 1. The van der Waals surface area contributed by atoms with E-state index in [9.17, 15) is 14.4 Å². The Hall–Kier alpha value is -3.91. The van der Waals surface area contributed by atoms with Gasteiger partial charge in [-0.15, -0.1) is 0 Å². The number of rotatable bonds is 4. The highest BCUT2D eigenvalue weighted by atomic mass is 35.5. The first-order valence-electron chi connectivity index (χ1n) is 10.3. The molecule has 3 amide bonds. The predicted octanol–water partition coefficient (Wildman–Crippen LogP) is 3.79. The minimum atomic E-state index is -0.573. The van der Waals surface area contributed by atoms with Gasteiger partial charge in [-0.3, -0.25) is 25.2 Å². The third-order valence-corrected chi connectivity index (χ3v) is 5.51. The van der Waals surface area contributed by atoms with E-state index in [1.54, 1.807) is 61.5 Å². The molecule has 0 saturated heterocycles. The summed E-state index contributed by atoms with van der Waals surface area (Å²) in [5.74, 6) is -0.667. The molecule has 1 heterocycles. The number of fused-ring (bicyclic) bond motifs is 1. The lowest BCUT2D eigenvalue weighted by atomic mass is 9.93. The molecule has 0 bridgehead atoms. The molecule has 0 unspecified atom stereocenters. The van der Waals surface area contributed by atoms with Crippen molar-refractivity contribution in [3.8, 4) is 0 Å². The zero-order valence-electron chi connectivity index (χ0n) is 17.8. The monoisotopic (exact) mass is 464 g/mol. The highest BCUT2D eigenvalue weighted by molar-refractivity contribution is 6.30. The average molecular weight is 465 g/mol. The van der Waals surface area contributed by atoms with Gasteiger partial charge in [-0.1, -0.05) is 29.8 Å². The summed E-state index contributed by atoms with van der Waals surface area (Å²) in [5, 5.41) is 4.83. The van der Waals surface area contributed by atoms with Crippen molar-refractivity contribution in [2.45, 2.75) is 26.2 Å². The third kappa shape index (κ3) is 4.96. The van der Waals surface area contributed by atoms with Crippen molar-refractivity contribution in [1.29, 1.82) is 0 Å². The fraction of sp³-hybridized carbons (Fsp3) is 0.167. The zero-order valence-corrected chi connectivity index (χ0v) is 18.5. The summed E-state index contributed by atoms with van der Waals surface area (Å²) >= 11 is 5.86. The highest BCUT2D eigenvalue weighted by Crippen LogP contribution is 2.29. The Morgan fingerprint density at radius 2 is 1.55 bits per heavy atom. The smallest absolute Gasteiger partial charge is 0.305 e. The fourth-order valence-corrected chi connectivity index (χ4v) is 3.74. The van der Waals surface area contributed by atoms with Crippen molar-refractivity contribution in [3.63, 3.8) is 0 Å². The van der Waals surface area contributed by atoms with Gasteiger partial charge in [0.2, 0.25) is 0 Å². The van der Waals surface area contributed by atoms with E-state index in [1.807, 2.05) is 0 Å². The topological polar surface area (TPSA) is 113 Å². The Labute approximate surface area is 195 Å². The minimum Gasteiger partial charge on any atom is -0.455 e. The maximum atomic E-state index is 12.7. The van der Waals surface area contributed by atoms with Gasteiger partial charge in [0.1, 0.15) is 5.76 Å². The maximum Gasteiger partial charge on any atom is 0.305 e. The highest BCUT2D eigenvalue weighted by Gasteiger charge is 2.28. The lowest BCUT2D eigenvalue weighted by Crippen LogP contribution is -2.41. The Morgan fingerprint density at radius 3 is 2.27 bits per heavy atom. The molecule has 0 fully saturated rings. The molecule has 3 N–H and O–H groups in total. The molecule has 33 heavy (non-hydrogen) atoms. The third-order valence-electron chi connectivity index (χ3n) is 5.26. The Kier molecular flexibility index (Phi) is 6.55. The molecule has 0 saturated carbocycles. The van der Waals surface area contributed by atoms with Crippen molar-refractivity contribution in [2.24, 2.45) is 5.10 Å². The molecule has 0 spiro atoms. The van der Waals surface area contributed by atoms with Crippen LogP contribution in [0.15, 0.2) is 64.1 Å². The van der Waals surface area contributed by atoms with Crippen LogP contribution >= 0.6 is 11.6 Å². The Balaban J connectivity index is 1.48. The van der Waals surface area contributed by atoms with Gasteiger partial charge >= 0.3 is 5.91 Å². The summed E-state index contributed by atoms with van der Waals surface area (Å²) in [6.45, 7) is 1.75. The Bertz CT molecular complexity index is 1230. The molecular weight excluding hydrogens is 444 g/mol. The van der Waals surface area contributed by atoms with Crippen LogP contribution in [-0.2, 0) is 6.42 Å². The number of aryl methyl sites for hydroxylation is 1. The van der Waals surface area contributed by atoms with E-state index in [4.69, 9.17) is 16.0 Å². The van der Waals surface area contributed by atoms with Gasteiger partial charge in [-0.25, -0.2) is 5.43 Å². The Morgan fingerprint density at radius 1 is 0.879 bits per heavy atom. The molecular formula is C24H21ClN4O4. The fourth-order valence-electron chi connectivity index (χ4n) is 3.61. The van der Waals surface area contributed by atoms with Gasteiger partial charge in [-0.2, -0.15) is 5.10 Å². The first kappa shape index (κ1) is 22.3. The number of benzene rings is 2. The summed E-state index contributed by atoms with van der Waals surface area (Å²) < 4.78 is 5.80. The van der Waals surface area contributed by atoms with Gasteiger partial charge in [0.15, 0.2) is 5.76 Å². The van der Waals surface area contributed by atoms with Crippen LogP contribution in [0, 0.1) is 6.92 Å². The lowest BCUT2D eigenvalue weighted by molar-refractivity contribution is 0.0829. The number of furan rings is 1. The molecule has 0 radical (unpaired) electrons. The van der Waals surface area contributed by atoms with Crippen molar-refractivity contribution >= 4 is 35.0 Å². The normalized spacial score (nSPS) is 13.8. The van der Waals surface area contributed by atoms with Crippen LogP contribution in [0.2, 0.25) is 5.02 Å². The number of halogens is 1. The quantitative estimate of drug-likeness (QED) is 0.510. The lowest BCUT2D eigenvalue weighted by Gasteiger charge is -2.13. The number of amides is 3. The summed E-state index contributed by atoms with van der Waals surface area (Å²) in [6, 6.07) is 15.0. The largest absolute Gasteiger partial charge is 0.455 e. The SMILES string of the molecule is Cc1c(C(=O)NNC(=O)c2ccccc2)oc2c1/C(=N/NC(=O)c1ccc(Cl)cc1)CCC2. The van der Waals surface area contributed by atoms with E-state index in [0.717, 1.165) is 6.42 Å². The molecule has 0 atom stereocenters. The number of carbonyl (C=O) groups excluding carboxylic acids is 3. The molecule has 2 aromatic carbocycles. The van der Waals surface area contributed by atoms with Crippen LogP contribution in [0.25, 0.3) is 0 Å². The predicted molar refractivity (Wildman–Crippen MR) is 123 cm³/mol. The molecule has 0 aliphatic heterocycles. The van der Waals surface area contributed by atoms with Crippen LogP contribution in [0.3, 0.4) is 0 Å². The summed E-state index contributed by atoms with van der Waals surface area (Å²) in [5.41, 5.74) is 10.1. The second-order valence-corrected chi connectivity index (χ2v) is 7.92. The molecule has 8 nitrogen and oxygen atoms in total. The second kappa shape index (κ2) is 9.70. The molecule has 1 aliphatic rings. The number of carbonyl (C=O) groups is 3. The van der Waals surface area contributed by atoms with Gasteiger partial charge in [0.05, 0.1) is 5.71 Å². The van der Waals surface area contributed by atoms with E-state index in [1.165, 1.54) is 0 Å². The number of nitrogens with zero attached hydrogens (tertiary/aromatic N) is 1. The van der Waals surface area contributed by atoms with Gasteiger partial charge in [0.25, 0.3) is 11.8 Å². The van der Waals surface area contributed by atoms with Crippen LogP contribution in [0.4, 0.5) is 0 Å². The van der Waals surface area contributed by atoms with Crippen LogP contribution in [0.1, 0.15) is 61.0 Å². The van der Waals surface area contributed by atoms with Crippen LogP contribution in [-0.4, -0.2) is 23.4 Å². The van der Waals surface area contributed by atoms with E-state index in [0.29, 0.717) is 51.6 Å². The van der Waals surface area contributed by atoms with Crippen LogP contribution in [0.5, 0.6) is 0 Å². The molecule has 168 valence electrons. The minimum absolute atomic E-state index is 0.0898. The van der Waals surface area contributed by atoms with Gasteiger partial charge < -0.3 is 4.42 Å². The maximum absolute atomic E-state index is 12.7. The zero-order chi connectivity index (χ0) is 23.4. The summed E-state index contributed by atoms with van der Waals surface area (Å²) in [4.78, 5) is 37.2. The molecule has 4 rings (SSSR count). The second-order valence-electron chi connectivity index (χ2n) is 7.49. The number of hydrazine groups is 1. The molecule has 1 aromatic heterocycles. The number of hydrogen-bond acceptors (Lipinski definition) is 5. The van der Waals surface area contributed by atoms with Crippen molar-refractivity contribution in [3.05, 3.63) is 93.4 Å². The van der Waals surface area contributed by atoms with Crippen molar-refractivity contribution in [2.75, 3.05) is 0 Å². The van der Waals surface area contributed by atoms with E-state index in [2.05, 4.69) is 21.4 Å². The average Bonchev–Trinajstić information content (AvgIpc) is 3.19. The summed E-state index contributed by atoms with van der Waals surface area (Å²) in [7, 11) is 0. The first-order valence-corrected chi connectivity index (χ1v) is 10.7. The first-order chi connectivity index (χ1) is 15.9. The van der Waals surface area contributed by atoms with E-state index in [-0.39, 0.29) is 11.7 Å². The number of nitrogens with one attached hydrogen (secondary N) is 3. The van der Waals surface area contributed by atoms with Gasteiger partial charge in [-0.05, 0) is 56.2 Å². The number of hydrogen-bond donors (Lipinski definition) is 3. The molecule has 1 aliphatic carbocycles.